The number of aryl methyl sites for hydroxylation is 2. The van der Waals surface area contributed by atoms with Crippen molar-refractivity contribution in [2.24, 2.45) is 5.73 Å². The van der Waals surface area contributed by atoms with Crippen LogP contribution in [0.1, 0.15) is 37.0 Å². The molecule has 2 aromatic rings. The fraction of sp³-hybridized carbons (Fsp3) is 0.450. The average Bonchev–Trinajstić information content (AvgIpc) is 2.54. The van der Waals surface area contributed by atoms with E-state index in [1.807, 2.05) is 20.0 Å². The second-order valence-electron chi connectivity index (χ2n) is 6.59. The molecule has 0 bridgehead atoms. The first-order valence-corrected chi connectivity index (χ1v) is 8.60. The van der Waals surface area contributed by atoms with Crippen LogP contribution in [0.15, 0.2) is 30.5 Å². The minimum atomic E-state index is 0. The first kappa shape index (κ1) is 18.9. The summed E-state index contributed by atoms with van der Waals surface area (Å²) in [7, 11) is 0. The molecular formula is C20H28ClN3. The molecule has 3 rings (SSSR count). The second-order valence-corrected chi connectivity index (χ2v) is 6.96. The van der Waals surface area contributed by atoms with Crippen LogP contribution in [0.25, 0.3) is 11.3 Å². The highest BCUT2D eigenvalue weighted by atomic mass is 35.5. The molecule has 4 heteroatoms. The van der Waals surface area contributed by atoms with Gasteiger partial charge in [0, 0.05) is 29.4 Å². The monoisotopic (exact) mass is 345 g/mol. The summed E-state index contributed by atoms with van der Waals surface area (Å²) in [6, 6.07) is 8.90. The van der Waals surface area contributed by atoms with E-state index in [0.29, 0.717) is 6.04 Å². The summed E-state index contributed by atoms with van der Waals surface area (Å²) in [5, 5.41) is 0.842. The Hall–Kier alpha value is -1.42. The largest absolute Gasteiger partial charge is 0.328 e. The Morgan fingerprint density at radius 1 is 1.17 bits per heavy atom. The summed E-state index contributed by atoms with van der Waals surface area (Å²) >= 11 is 6.27. The molecule has 1 aromatic heterocycles. The number of piperidine rings is 1. The summed E-state index contributed by atoms with van der Waals surface area (Å²) < 4.78 is 0. The van der Waals surface area contributed by atoms with Crippen LogP contribution in [0, 0.1) is 13.8 Å². The topological polar surface area (TPSA) is 42.1 Å². The smallest absolute Gasteiger partial charge is 0.0705 e. The van der Waals surface area contributed by atoms with E-state index in [0.717, 1.165) is 59.9 Å². The van der Waals surface area contributed by atoms with Crippen molar-refractivity contribution in [3.63, 3.8) is 0 Å². The lowest BCUT2D eigenvalue weighted by Crippen LogP contribution is -2.39. The number of likely N-dealkylation sites (tertiary alicyclic amines) is 1. The van der Waals surface area contributed by atoms with Crippen LogP contribution in [0.2, 0.25) is 5.02 Å². The summed E-state index contributed by atoms with van der Waals surface area (Å²) in [6.07, 6.45) is 4.08. The highest BCUT2D eigenvalue weighted by molar-refractivity contribution is 6.32. The van der Waals surface area contributed by atoms with Crippen molar-refractivity contribution in [1.29, 1.82) is 0 Å². The lowest BCUT2D eigenvalue weighted by Gasteiger charge is -2.30. The molecule has 1 saturated heterocycles. The maximum atomic E-state index is 6.27. The van der Waals surface area contributed by atoms with Gasteiger partial charge in [0.2, 0.25) is 0 Å². The molecule has 0 amide bonds. The number of aromatic nitrogens is 1. The van der Waals surface area contributed by atoms with E-state index in [2.05, 4.69) is 34.1 Å². The van der Waals surface area contributed by atoms with Crippen molar-refractivity contribution in [1.82, 2.24) is 9.88 Å². The van der Waals surface area contributed by atoms with Gasteiger partial charge in [-0.2, -0.15) is 0 Å². The molecule has 3 nitrogen and oxygen atoms in total. The molecule has 1 fully saturated rings. The van der Waals surface area contributed by atoms with Gasteiger partial charge in [-0.1, -0.05) is 19.0 Å². The molecule has 24 heavy (non-hydrogen) atoms. The van der Waals surface area contributed by atoms with E-state index in [1.165, 1.54) is 5.56 Å². The fourth-order valence-corrected chi connectivity index (χ4v) is 3.30. The van der Waals surface area contributed by atoms with Crippen LogP contribution in [0.3, 0.4) is 0 Å². The highest BCUT2D eigenvalue weighted by Crippen LogP contribution is 2.27. The molecular weight excluding hydrogens is 318 g/mol. The predicted octanol–water partition coefficient (Wildman–Crippen LogP) is 4.58. The maximum absolute atomic E-state index is 6.27. The number of rotatable bonds is 3. The van der Waals surface area contributed by atoms with Gasteiger partial charge in [-0.15, -0.1) is 0 Å². The van der Waals surface area contributed by atoms with Gasteiger partial charge >= 0.3 is 0 Å². The minimum absolute atomic E-state index is 0. The van der Waals surface area contributed by atoms with Crippen molar-refractivity contribution in [3.8, 4) is 11.3 Å². The third-order valence-electron chi connectivity index (χ3n) is 4.59. The number of benzene rings is 1. The van der Waals surface area contributed by atoms with E-state index < -0.39 is 0 Å². The number of hydrogen-bond donors (Lipinski definition) is 1. The van der Waals surface area contributed by atoms with Crippen LogP contribution in [-0.4, -0.2) is 29.0 Å². The second kappa shape index (κ2) is 8.11. The van der Waals surface area contributed by atoms with Crippen LogP contribution in [0.4, 0.5) is 0 Å². The summed E-state index contributed by atoms with van der Waals surface area (Å²) in [6.45, 7) is 7.21. The molecule has 2 heterocycles. The third-order valence-corrected chi connectivity index (χ3v) is 5.19. The molecule has 0 aliphatic carbocycles. The van der Waals surface area contributed by atoms with Gasteiger partial charge < -0.3 is 5.73 Å². The number of nitrogens with two attached hydrogens (primary N) is 1. The molecule has 1 aliphatic rings. The van der Waals surface area contributed by atoms with E-state index in [1.54, 1.807) is 0 Å². The molecule has 0 saturated carbocycles. The normalized spacial score (nSPS) is 16.0. The van der Waals surface area contributed by atoms with Crippen molar-refractivity contribution >= 4 is 11.6 Å². The van der Waals surface area contributed by atoms with E-state index in [-0.39, 0.29) is 7.43 Å². The minimum Gasteiger partial charge on any atom is -0.328 e. The van der Waals surface area contributed by atoms with E-state index >= 15 is 0 Å². The van der Waals surface area contributed by atoms with Gasteiger partial charge in [-0.05, 0) is 80.7 Å². The average molecular weight is 346 g/mol. The van der Waals surface area contributed by atoms with Crippen molar-refractivity contribution in [2.45, 2.75) is 46.7 Å². The summed E-state index contributed by atoms with van der Waals surface area (Å²) in [4.78, 5) is 7.02. The summed E-state index contributed by atoms with van der Waals surface area (Å²) in [5.74, 6) is 0. The SMILES string of the molecule is C.Cc1cc(-c2cc(CN3CCC(N)CC3)ccn2)cc(C)c1Cl. The van der Waals surface area contributed by atoms with Crippen molar-refractivity contribution in [2.75, 3.05) is 13.1 Å². The molecule has 0 spiro atoms. The van der Waals surface area contributed by atoms with Gasteiger partial charge in [-0.25, -0.2) is 0 Å². The zero-order valence-corrected chi connectivity index (χ0v) is 14.6. The van der Waals surface area contributed by atoms with Gasteiger partial charge in [-0.3, -0.25) is 9.88 Å². The zero-order chi connectivity index (χ0) is 16.4. The summed E-state index contributed by atoms with van der Waals surface area (Å²) in [5.41, 5.74) is 11.6. The Bertz CT molecular complexity index is 668. The molecule has 2 N–H and O–H groups in total. The maximum Gasteiger partial charge on any atom is 0.0705 e. The van der Waals surface area contributed by atoms with Crippen LogP contribution >= 0.6 is 11.6 Å². The van der Waals surface area contributed by atoms with E-state index in [4.69, 9.17) is 17.3 Å². The van der Waals surface area contributed by atoms with Gasteiger partial charge in [0.25, 0.3) is 0 Å². The molecule has 0 atom stereocenters. The third kappa shape index (κ3) is 4.35. The Morgan fingerprint density at radius 2 is 1.79 bits per heavy atom. The number of nitrogens with zero attached hydrogens (tertiary/aromatic N) is 2. The van der Waals surface area contributed by atoms with Crippen LogP contribution in [0.5, 0.6) is 0 Å². The zero-order valence-electron chi connectivity index (χ0n) is 13.8. The molecule has 130 valence electrons. The number of halogens is 1. The van der Waals surface area contributed by atoms with E-state index in [9.17, 15) is 0 Å². The Morgan fingerprint density at radius 3 is 2.42 bits per heavy atom. The van der Waals surface area contributed by atoms with Crippen LogP contribution < -0.4 is 5.73 Å². The Balaban J connectivity index is 0.00000208. The standard InChI is InChI=1S/C19H24ClN3.CH4/c1-13-9-16(10-14(2)19(13)20)18-11-15(3-6-22-18)12-23-7-4-17(21)5-8-23;/h3,6,9-11,17H,4-5,7-8,12,21H2,1-2H3;1H4. The van der Waals surface area contributed by atoms with Crippen LogP contribution in [-0.2, 0) is 6.54 Å². The lowest BCUT2D eigenvalue weighted by molar-refractivity contribution is 0.205. The number of hydrogen-bond acceptors (Lipinski definition) is 3. The fourth-order valence-electron chi connectivity index (χ4n) is 3.19. The van der Waals surface area contributed by atoms with Gasteiger partial charge in [0.15, 0.2) is 0 Å². The quantitative estimate of drug-likeness (QED) is 0.885. The van der Waals surface area contributed by atoms with Crippen molar-refractivity contribution in [3.05, 3.63) is 52.2 Å². The Kier molecular flexibility index (Phi) is 6.39. The lowest BCUT2D eigenvalue weighted by atomic mass is 10.0. The first-order chi connectivity index (χ1) is 11.0. The first-order valence-electron chi connectivity index (χ1n) is 8.23. The van der Waals surface area contributed by atoms with Gasteiger partial charge in [0.1, 0.15) is 0 Å². The van der Waals surface area contributed by atoms with Gasteiger partial charge in [0.05, 0.1) is 5.69 Å². The Labute approximate surface area is 150 Å². The molecule has 1 aromatic carbocycles. The molecule has 0 radical (unpaired) electrons. The molecule has 1 aliphatic heterocycles. The predicted molar refractivity (Wildman–Crippen MR) is 103 cm³/mol. The highest BCUT2D eigenvalue weighted by Gasteiger charge is 2.16. The molecule has 0 unspecified atom stereocenters. The number of pyridine rings is 1. The van der Waals surface area contributed by atoms with Crippen molar-refractivity contribution < 1.29 is 0 Å².